The lowest BCUT2D eigenvalue weighted by molar-refractivity contribution is 0.620. The molecule has 0 aliphatic heterocycles. The molecule has 8 rings (SSSR count). The summed E-state index contributed by atoms with van der Waals surface area (Å²) in [5, 5.41) is 6.77. The van der Waals surface area contributed by atoms with Crippen molar-refractivity contribution in [1.29, 1.82) is 0 Å². The predicted octanol–water partition coefficient (Wildman–Crippen LogP) is 9.38. The topological polar surface area (TPSA) is 43.9 Å². The van der Waals surface area contributed by atoms with Gasteiger partial charge < -0.3 is 8.98 Å². The van der Waals surface area contributed by atoms with E-state index in [1.807, 2.05) is 48.7 Å². The van der Waals surface area contributed by atoms with Crippen molar-refractivity contribution in [3.05, 3.63) is 126 Å². The minimum Gasteiger partial charge on any atom is -0.436 e. The summed E-state index contributed by atoms with van der Waals surface area (Å²) in [6, 6.07) is 37.8. The molecule has 0 atom stereocenters. The van der Waals surface area contributed by atoms with Crippen LogP contribution in [0, 0.1) is 0 Å². The van der Waals surface area contributed by atoms with Gasteiger partial charge in [-0.1, -0.05) is 48.5 Å². The molecule has 0 spiro atoms. The summed E-state index contributed by atoms with van der Waals surface area (Å²) in [6.07, 6.45) is 1.84. The zero-order chi connectivity index (χ0) is 25.8. The average molecular weight is 520 g/mol. The third-order valence-electron chi connectivity index (χ3n) is 7.23. The number of oxazole rings is 1. The zero-order valence-corrected chi connectivity index (χ0v) is 21.6. The van der Waals surface area contributed by atoms with Crippen LogP contribution >= 0.6 is 11.3 Å². The van der Waals surface area contributed by atoms with Crippen molar-refractivity contribution in [1.82, 2.24) is 14.5 Å². The molecule has 5 heteroatoms. The van der Waals surface area contributed by atoms with Crippen LogP contribution in [-0.4, -0.2) is 14.5 Å². The molecule has 4 nitrogen and oxygen atoms in total. The van der Waals surface area contributed by atoms with E-state index in [2.05, 4.69) is 87.0 Å². The van der Waals surface area contributed by atoms with Crippen molar-refractivity contribution in [3.8, 4) is 39.5 Å². The third kappa shape index (κ3) is 3.59. The van der Waals surface area contributed by atoms with Gasteiger partial charge in [0.1, 0.15) is 5.52 Å². The van der Waals surface area contributed by atoms with Gasteiger partial charge >= 0.3 is 0 Å². The molecule has 0 aliphatic carbocycles. The molecule has 39 heavy (non-hydrogen) atoms. The highest BCUT2D eigenvalue weighted by molar-refractivity contribution is 7.08. The molecule has 0 bridgehead atoms. The fraction of sp³-hybridized carbons (Fsp3) is 0. The Morgan fingerprint density at radius 1 is 0.692 bits per heavy atom. The lowest BCUT2D eigenvalue weighted by atomic mass is 10.0. The van der Waals surface area contributed by atoms with Crippen molar-refractivity contribution in [2.45, 2.75) is 0 Å². The van der Waals surface area contributed by atoms with Gasteiger partial charge in [0.25, 0.3) is 0 Å². The number of benzene rings is 4. The average Bonchev–Trinajstić information content (AvgIpc) is 3.75. The van der Waals surface area contributed by atoms with Gasteiger partial charge in [0.15, 0.2) is 5.58 Å². The largest absolute Gasteiger partial charge is 0.436 e. The van der Waals surface area contributed by atoms with Crippen molar-refractivity contribution < 1.29 is 4.42 Å². The van der Waals surface area contributed by atoms with E-state index >= 15 is 0 Å². The van der Waals surface area contributed by atoms with Crippen LogP contribution in [-0.2, 0) is 0 Å². The zero-order valence-electron chi connectivity index (χ0n) is 20.8. The Hall–Kier alpha value is -5.00. The number of pyridine rings is 1. The number of rotatable bonds is 4. The quantitative estimate of drug-likeness (QED) is 0.233. The molecule has 0 aliphatic rings. The Balaban J connectivity index is 1.43. The van der Waals surface area contributed by atoms with E-state index in [4.69, 9.17) is 9.40 Å². The Kier molecular flexibility index (Phi) is 4.96. The van der Waals surface area contributed by atoms with E-state index in [-0.39, 0.29) is 0 Å². The highest BCUT2D eigenvalue weighted by Gasteiger charge is 2.19. The first kappa shape index (κ1) is 22.0. The van der Waals surface area contributed by atoms with Gasteiger partial charge in [0.2, 0.25) is 5.89 Å². The van der Waals surface area contributed by atoms with Gasteiger partial charge in [-0.25, -0.2) is 4.98 Å². The maximum atomic E-state index is 6.15. The second-order valence-electron chi connectivity index (χ2n) is 9.53. The van der Waals surface area contributed by atoms with Crippen molar-refractivity contribution in [3.63, 3.8) is 0 Å². The molecule has 4 aromatic heterocycles. The fourth-order valence-corrected chi connectivity index (χ4v) is 6.13. The van der Waals surface area contributed by atoms with Crippen LogP contribution in [0.1, 0.15) is 0 Å². The summed E-state index contributed by atoms with van der Waals surface area (Å²) < 4.78 is 8.50. The first-order chi connectivity index (χ1) is 19.3. The summed E-state index contributed by atoms with van der Waals surface area (Å²) in [6.45, 7) is 0. The van der Waals surface area contributed by atoms with Gasteiger partial charge in [-0.2, -0.15) is 11.3 Å². The highest BCUT2D eigenvalue weighted by Crippen LogP contribution is 2.41. The van der Waals surface area contributed by atoms with Crippen molar-refractivity contribution in [2.24, 2.45) is 0 Å². The van der Waals surface area contributed by atoms with Gasteiger partial charge in [0, 0.05) is 33.8 Å². The molecule has 0 fully saturated rings. The molecule has 0 saturated heterocycles. The SMILES string of the molecule is c1ccc(-c2cccc(-n3c4cc(-c5nc6ccccc6o5)ccc4c4c(-c5ccsc5)cccc43)c2)nc1. The fourth-order valence-electron chi connectivity index (χ4n) is 5.47. The second kappa shape index (κ2) is 8.79. The molecule has 0 saturated carbocycles. The number of aromatic nitrogens is 3. The molecule has 0 amide bonds. The maximum Gasteiger partial charge on any atom is 0.227 e. The van der Waals surface area contributed by atoms with E-state index in [9.17, 15) is 0 Å². The Morgan fingerprint density at radius 3 is 2.49 bits per heavy atom. The minimum absolute atomic E-state index is 0.621. The summed E-state index contributed by atoms with van der Waals surface area (Å²) in [5.41, 5.74) is 10.4. The number of hydrogen-bond donors (Lipinski definition) is 0. The summed E-state index contributed by atoms with van der Waals surface area (Å²) >= 11 is 1.72. The van der Waals surface area contributed by atoms with Crippen LogP contribution in [0.5, 0.6) is 0 Å². The molecular weight excluding hydrogens is 498 g/mol. The van der Waals surface area contributed by atoms with E-state index in [1.165, 1.54) is 21.9 Å². The second-order valence-corrected chi connectivity index (χ2v) is 10.3. The molecule has 0 unspecified atom stereocenters. The van der Waals surface area contributed by atoms with Crippen LogP contribution < -0.4 is 0 Å². The number of fused-ring (bicyclic) bond motifs is 4. The molecule has 0 radical (unpaired) electrons. The van der Waals surface area contributed by atoms with E-state index in [0.29, 0.717) is 5.89 Å². The molecule has 0 N–H and O–H groups in total. The Bertz CT molecular complexity index is 2090. The standard InChI is InChI=1S/C34H21N3OS/c1-2-13-32-29(11-1)36-34(38-32)23-14-15-27-31(20-23)37(25-8-5-7-22(19-25)28-10-3-4-17-35-28)30-12-6-9-26(33(27)30)24-16-18-39-21-24/h1-21H. The summed E-state index contributed by atoms with van der Waals surface area (Å²) in [7, 11) is 0. The Morgan fingerprint density at radius 2 is 1.62 bits per heavy atom. The van der Waals surface area contributed by atoms with Crippen LogP contribution in [0.25, 0.3) is 72.4 Å². The number of nitrogens with zero attached hydrogens (tertiary/aromatic N) is 3. The van der Waals surface area contributed by atoms with Gasteiger partial charge in [0.05, 0.1) is 16.7 Å². The molecule has 4 heterocycles. The van der Waals surface area contributed by atoms with Crippen LogP contribution in [0.4, 0.5) is 0 Å². The smallest absolute Gasteiger partial charge is 0.227 e. The summed E-state index contributed by atoms with van der Waals surface area (Å²) in [4.78, 5) is 9.36. The molecule has 184 valence electrons. The maximum absolute atomic E-state index is 6.15. The molecular formula is C34H21N3OS. The summed E-state index contributed by atoms with van der Waals surface area (Å²) in [5.74, 6) is 0.621. The number of thiophene rings is 1. The van der Waals surface area contributed by atoms with E-state index < -0.39 is 0 Å². The minimum atomic E-state index is 0.621. The van der Waals surface area contributed by atoms with Crippen molar-refractivity contribution in [2.75, 3.05) is 0 Å². The predicted molar refractivity (Wildman–Crippen MR) is 160 cm³/mol. The Labute approximate surface area is 228 Å². The van der Waals surface area contributed by atoms with Gasteiger partial charge in [-0.3, -0.25) is 4.98 Å². The van der Waals surface area contributed by atoms with Gasteiger partial charge in [-0.05, 0) is 82.6 Å². The van der Waals surface area contributed by atoms with E-state index in [1.54, 1.807) is 11.3 Å². The normalized spacial score (nSPS) is 11.6. The number of para-hydroxylation sites is 2. The van der Waals surface area contributed by atoms with Gasteiger partial charge in [-0.15, -0.1) is 0 Å². The lowest BCUT2D eigenvalue weighted by Crippen LogP contribution is -1.95. The van der Waals surface area contributed by atoms with E-state index in [0.717, 1.165) is 44.6 Å². The molecule has 4 aromatic carbocycles. The number of hydrogen-bond acceptors (Lipinski definition) is 4. The highest BCUT2D eigenvalue weighted by atomic mass is 32.1. The monoisotopic (exact) mass is 519 g/mol. The van der Waals surface area contributed by atoms with Crippen molar-refractivity contribution >= 4 is 44.2 Å². The third-order valence-corrected chi connectivity index (χ3v) is 7.91. The van der Waals surface area contributed by atoms with Crippen LogP contribution in [0.2, 0.25) is 0 Å². The van der Waals surface area contributed by atoms with Crippen LogP contribution in [0.3, 0.4) is 0 Å². The van der Waals surface area contributed by atoms with Crippen LogP contribution in [0.15, 0.2) is 131 Å². The first-order valence-corrected chi connectivity index (χ1v) is 13.8. The first-order valence-electron chi connectivity index (χ1n) is 12.8. The molecule has 8 aromatic rings. The lowest BCUT2D eigenvalue weighted by Gasteiger charge is -2.11.